The van der Waals surface area contributed by atoms with Gasteiger partial charge in [0.05, 0.1) is 0 Å². The summed E-state index contributed by atoms with van der Waals surface area (Å²) in [4.78, 5) is 0. The number of hydrogen-bond donors (Lipinski definition) is 0. The highest BCUT2D eigenvalue weighted by atomic mass is 35.6. The molecule has 1 aromatic carbocycles. The van der Waals surface area contributed by atoms with Crippen LogP contribution in [-0.4, -0.2) is 18.2 Å². The summed E-state index contributed by atoms with van der Waals surface area (Å²) >= 11 is 4.94. The van der Waals surface area contributed by atoms with Gasteiger partial charge in [-0.2, -0.15) is 0 Å². The van der Waals surface area contributed by atoms with Crippen molar-refractivity contribution in [1.82, 2.24) is 0 Å². The van der Waals surface area contributed by atoms with Gasteiger partial charge < -0.3 is 18.1 Å². The van der Waals surface area contributed by atoms with Gasteiger partial charge in [-0.1, -0.05) is 23.7 Å². The maximum atomic E-state index is 5.58. The van der Waals surface area contributed by atoms with Crippen molar-refractivity contribution in [2.24, 2.45) is 0 Å². The van der Waals surface area contributed by atoms with Crippen LogP contribution in [0.15, 0.2) is 24.3 Å². The number of hydrogen-bond acceptors (Lipinski definition) is 0. The average molecular weight is 221 g/mol. The van der Waals surface area contributed by atoms with Gasteiger partial charge in [-0.3, -0.25) is 0 Å². The summed E-state index contributed by atoms with van der Waals surface area (Å²) in [6, 6.07) is 7.40. The highest BCUT2D eigenvalue weighted by Gasteiger charge is 1.82. The molecule has 1 aromatic rings. The van der Waals surface area contributed by atoms with Crippen molar-refractivity contribution in [3.8, 4) is 0 Å². The molecule has 1 radical (unpaired) electrons. The van der Waals surface area contributed by atoms with Crippen LogP contribution in [0.25, 0.3) is 0 Å². The first-order chi connectivity index (χ1) is 5.20. The Hall–Kier alpha value is 0.856. The van der Waals surface area contributed by atoms with Gasteiger partial charge in [0.1, 0.15) is 0 Å². The van der Waals surface area contributed by atoms with E-state index in [-0.39, 0.29) is 0 Å². The molecular formula is C7H6Cl3Mg. The van der Waals surface area contributed by atoms with Crippen LogP contribution in [0.3, 0.4) is 0 Å². The minimum absolute atomic E-state index is 0.639. The van der Waals surface area contributed by atoms with Gasteiger partial charge in [0.2, 0.25) is 0 Å². The van der Waals surface area contributed by atoms with Gasteiger partial charge in [0.15, 0.2) is 0 Å². The fourth-order valence-corrected chi connectivity index (χ4v) is 0.610. The summed E-state index contributed by atoms with van der Waals surface area (Å²) in [7, 11) is 9.81. The third-order valence-corrected chi connectivity index (χ3v) is 1.17. The van der Waals surface area contributed by atoms with Gasteiger partial charge in [-0.25, -0.2) is 0 Å². The molecule has 57 valence electrons. The molecule has 0 aromatic heterocycles. The van der Waals surface area contributed by atoms with Crippen LogP contribution in [0.5, 0.6) is 0 Å². The highest BCUT2D eigenvalue weighted by molar-refractivity contribution is 7.22. The Balaban J connectivity index is 0.000000292. The number of halogens is 3. The van der Waals surface area contributed by atoms with Gasteiger partial charge in [0.25, 0.3) is 0 Å². The van der Waals surface area contributed by atoms with Crippen LogP contribution in [0.4, 0.5) is 0 Å². The predicted octanol–water partition coefficient (Wildman–Crippen LogP) is 3.52. The first-order valence-electron chi connectivity index (χ1n) is 2.90. The molecule has 4 heteroatoms. The van der Waals surface area contributed by atoms with Crippen LogP contribution in [0.2, 0.25) is 5.02 Å². The summed E-state index contributed by atoms with van der Waals surface area (Å²) in [6.45, 7) is 3.70. The Morgan fingerprint density at radius 3 is 1.73 bits per heavy atom. The summed E-state index contributed by atoms with van der Waals surface area (Å²) in [6.07, 6.45) is 0. The van der Waals surface area contributed by atoms with E-state index in [1.807, 2.05) is 24.3 Å². The summed E-state index contributed by atoms with van der Waals surface area (Å²) < 4.78 is 0. The quantitative estimate of drug-likeness (QED) is 0.587. The highest BCUT2D eigenvalue weighted by Crippen LogP contribution is 2.07. The molecule has 0 saturated carbocycles. The van der Waals surface area contributed by atoms with Crippen molar-refractivity contribution in [1.29, 1.82) is 0 Å². The van der Waals surface area contributed by atoms with E-state index in [0.717, 1.165) is 10.6 Å². The summed E-state index contributed by atoms with van der Waals surface area (Å²) in [5, 5.41) is 0.761. The summed E-state index contributed by atoms with van der Waals surface area (Å²) in [5.41, 5.74) is 0.995. The molecule has 0 atom stereocenters. The fraction of sp³-hybridized carbons (Fsp3) is 0. The molecule has 0 N–H and O–H groups in total. The molecule has 0 aliphatic carbocycles. The van der Waals surface area contributed by atoms with Crippen LogP contribution < -0.4 is 0 Å². The van der Waals surface area contributed by atoms with E-state index >= 15 is 0 Å². The van der Waals surface area contributed by atoms with Crippen LogP contribution in [0, 0.1) is 6.92 Å². The molecule has 0 nitrogen and oxygen atoms in total. The molecule has 1 rings (SSSR count). The first kappa shape index (κ1) is 11.9. The second-order valence-corrected chi connectivity index (χ2v) is 4.79. The van der Waals surface area contributed by atoms with Crippen molar-refractivity contribution >= 4 is 47.9 Å². The molecule has 0 amide bonds. The van der Waals surface area contributed by atoms with Gasteiger partial charge in [-0.05, 0) is 24.6 Å². The predicted molar refractivity (Wildman–Crippen MR) is 53.4 cm³/mol. The Morgan fingerprint density at radius 2 is 1.45 bits per heavy atom. The lowest BCUT2D eigenvalue weighted by Gasteiger charge is -1.87. The number of rotatable bonds is 0. The van der Waals surface area contributed by atoms with E-state index in [0.29, 0.717) is 0 Å². The van der Waals surface area contributed by atoms with Crippen LogP contribution in [0.1, 0.15) is 5.56 Å². The Kier molecular flexibility index (Phi) is 8.09. The Labute approximate surface area is 89.1 Å². The second-order valence-electron chi connectivity index (χ2n) is 1.73. The monoisotopic (exact) mass is 219 g/mol. The van der Waals surface area contributed by atoms with Crippen LogP contribution >= 0.6 is 29.7 Å². The van der Waals surface area contributed by atoms with Gasteiger partial charge in [-0.15, -0.1) is 0 Å². The van der Waals surface area contributed by atoms with E-state index in [4.69, 9.17) is 29.7 Å². The lowest BCUT2D eigenvalue weighted by molar-refractivity contribution is 1.61. The topological polar surface area (TPSA) is 0 Å². The number of benzene rings is 1. The second kappa shape index (κ2) is 7.50. The third kappa shape index (κ3) is 7.22. The molecule has 11 heavy (non-hydrogen) atoms. The Morgan fingerprint density at radius 1 is 1.09 bits per heavy atom. The van der Waals surface area contributed by atoms with Crippen molar-refractivity contribution in [3.05, 3.63) is 41.8 Å². The molecule has 0 bridgehead atoms. The van der Waals surface area contributed by atoms with Gasteiger partial charge >= 0.3 is 18.2 Å². The molecular weight excluding hydrogens is 215 g/mol. The molecule has 0 aliphatic heterocycles. The van der Waals surface area contributed by atoms with Crippen molar-refractivity contribution in [2.75, 3.05) is 0 Å². The fourth-order valence-electron chi connectivity index (χ4n) is 0.484. The molecule has 0 saturated heterocycles. The lowest BCUT2D eigenvalue weighted by Crippen LogP contribution is -1.66. The zero-order valence-corrected chi connectivity index (χ0v) is 9.54. The SMILES string of the molecule is [CH2]c1ccc(Cl)cc1.[Cl][Mg][Cl]. The lowest BCUT2D eigenvalue weighted by atomic mass is 10.2. The summed E-state index contributed by atoms with van der Waals surface area (Å²) in [5.74, 6) is 0. The van der Waals surface area contributed by atoms with E-state index in [1.54, 1.807) is 0 Å². The van der Waals surface area contributed by atoms with E-state index in [1.165, 1.54) is 0 Å². The normalized spacial score (nSPS) is 7.64. The molecule has 0 fully saturated rings. The zero-order valence-electron chi connectivity index (χ0n) is 5.86. The zero-order chi connectivity index (χ0) is 8.69. The molecule has 0 spiro atoms. The van der Waals surface area contributed by atoms with E-state index in [2.05, 4.69) is 6.92 Å². The van der Waals surface area contributed by atoms with Crippen LogP contribution in [-0.2, 0) is 0 Å². The average Bonchev–Trinajstić information content (AvgIpc) is 1.97. The minimum Gasteiger partial charge on any atom is -0.309 e. The minimum atomic E-state index is -0.639. The first-order valence-corrected chi connectivity index (χ1v) is 7.55. The maximum absolute atomic E-state index is 5.58. The van der Waals surface area contributed by atoms with E-state index in [9.17, 15) is 0 Å². The molecule has 0 aliphatic rings. The Bertz CT molecular complexity index is 164. The van der Waals surface area contributed by atoms with Crippen molar-refractivity contribution < 1.29 is 0 Å². The van der Waals surface area contributed by atoms with Crippen molar-refractivity contribution in [2.45, 2.75) is 0 Å². The third-order valence-electron chi connectivity index (χ3n) is 0.913. The standard InChI is InChI=1S/C7H6Cl.2ClH.Mg/c1-6-2-4-7(8)5-3-6;;;/h2-5H,1H2;2*1H;/q;;;+2/p-2. The molecule has 0 heterocycles. The molecule has 0 unspecified atom stereocenters. The maximum Gasteiger partial charge on any atom is 0.618 e. The smallest absolute Gasteiger partial charge is 0.309 e. The van der Waals surface area contributed by atoms with E-state index < -0.39 is 18.2 Å². The largest absolute Gasteiger partial charge is 0.618 e. The van der Waals surface area contributed by atoms with Crippen molar-refractivity contribution in [3.63, 3.8) is 0 Å². The van der Waals surface area contributed by atoms with Gasteiger partial charge in [0, 0.05) is 5.02 Å².